The van der Waals surface area contributed by atoms with Crippen LogP contribution >= 0.6 is 0 Å². The van der Waals surface area contributed by atoms with Gasteiger partial charge >= 0.3 is 0 Å². The summed E-state index contributed by atoms with van der Waals surface area (Å²) in [6.45, 7) is 2.20. The summed E-state index contributed by atoms with van der Waals surface area (Å²) < 4.78 is 6.03. The van der Waals surface area contributed by atoms with Crippen LogP contribution in [-0.4, -0.2) is 56.9 Å². The van der Waals surface area contributed by atoms with E-state index in [9.17, 15) is 4.79 Å². The Hall–Kier alpha value is -3.21. The number of nitrogens with zero attached hydrogens (tertiary/aromatic N) is 2. The molecule has 0 saturated heterocycles. The quantitative estimate of drug-likeness (QED) is 0.326. The number of carbonyl (C=O) groups excluding carboxylic acids is 1. The highest BCUT2D eigenvalue weighted by Gasteiger charge is 2.08. The molecule has 0 fully saturated rings. The van der Waals surface area contributed by atoms with Gasteiger partial charge < -0.3 is 14.5 Å². The van der Waals surface area contributed by atoms with Crippen LogP contribution in [0.2, 0.25) is 0 Å². The number of likely N-dealkylation sites (N-methyl/N-ethyl adjacent to an activating group) is 1. The molecule has 0 bridgehead atoms. The second kappa shape index (κ2) is 11.4. The standard InChI is InChI=1S/C28H32N2O2/c1-29(2)17-18-32-28-16-14-24(23-10-6-5-7-11-23)20-26(28)13-15-27(31)25-12-8-9-22(19-25)21-30(3)4/h5-16,19-20H,17-18,21H2,1-4H3. The molecule has 4 nitrogen and oxygen atoms in total. The third-order valence-electron chi connectivity index (χ3n) is 5.04. The van der Waals surface area contributed by atoms with Crippen molar-refractivity contribution >= 4 is 11.9 Å². The Balaban J connectivity index is 1.86. The van der Waals surface area contributed by atoms with Crippen LogP contribution in [0.25, 0.3) is 17.2 Å². The molecule has 3 aromatic carbocycles. The van der Waals surface area contributed by atoms with Crippen molar-refractivity contribution in [3.05, 3.63) is 95.6 Å². The van der Waals surface area contributed by atoms with Gasteiger partial charge in [0.05, 0.1) is 0 Å². The summed E-state index contributed by atoms with van der Waals surface area (Å²) in [7, 11) is 8.08. The van der Waals surface area contributed by atoms with E-state index in [1.807, 2.05) is 82.8 Å². The SMILES string of the molecule is CN(C)CCOc1ccc(-c2ccccc2)cc1C=CC(=O)c1cccc(CN(C)C)c1. The molecule has 3 aromatic rings. The van der Waals surface area contributed by atoms with Crippen LogP contribution in [0.5, 0.6) is 5.75 Å². The lowest BCUT2D eigenvalue weighted by Gasteiger charge is -2.14. The molecule has 0 atom stereocenters. The van der Waals surface area contributed by atoms with Gasteiger partial charge in [0, 0.05) is 24.2 Å². The maximum atomic E-state index is 12.9. The minimum absolute atomic E-state index is 0.0186. The fourth-order valence-corrected chi connectivity index (χ4v) is 3.41. The summed E-state index contributed by atoms with van der Waals surface area (Å²) in [5.74, 6) is 0.756. The van der Waals surface area contributed by atoms with Crippen molar-refractivity contribution in [1.82, 2.24) is 9.80 Å². The smallest absolute Gasteiger partial charge is 0.185 e. The normalized spacial score (nSPS) is 11.4. The van der Waals surface area contributed by atoms with Crippen LogP contribution in [0, 0.1) is 0 Å². The van der Waals surface area contributed by atoms with E-state index < -0.39 is 0 Å². The van der Waals surface area contributed by atoms with E-state index in [1.54, 1.807) is 6.08 Å². The van der Waals surface area contributed by atoms with Crippen LogP contribution in [0.3, 0.4) is 0 Å². The van der Waals surface area contributed by atoms with Crippen molar-refractivity contribution in [3.8, 4) is 16.9 Å². The Bertz CT molecular complexity index is 1060. The van der Waals surface area contributed by atoms with Crippen molar-refractivity contribution in [3.63, 3.8) is 0 Å². The fourth-order valence-electron chi connectivity index (χ4n) is 3.41. The summed E-state index contributed by atoms with van der Waals surface area (Å²) in [5, 5.41) is 0. The lowest BCUT2D eigenvalue weighted by Crippen LogP contribution is -2.19. The number of hydrogen-bond donors (Lipinski definition) is 0. The summed E-state index contributed by atoms with van der Waals surface area (Å²) in [4.78, 5) is 17.0. The molecule has 0 radical (unpaired) electrons. The van der Waals surface area contributed by atoms with Crippen molar-refractivity contribution in [2.24, 2.45) is 0 Å². The summed E-state index contributed by atoms with van der Waals surface area (Å²) in [6.07, 6.45) is 3.50. The van der Waals surface area contributed by atoms with E-state index in [0.29, 0.717) is 12.2 Å². The second-order valence-electron chi connectivity index (χ2n) is 8.41. The lowest BCUT2D eigenvalue weighted by molar-refractivity contribution is 0.104. The minimum Gasteiger partial charge on any atom is -0.492 e. The number of carbonyl (C=O) groups is 1. The molecule has 0 unspecified atom stereocenters. The Morgan fingerprint density at radius 2 is 1.62 bits per heavy atom. The van der Waals surface area contributed by atoms with Gasteiger partial charge in [-0.05, 0) is 75.2 Å². The molecule has 0 N–H and O–H groups in total. The van der Waals surface area contributed by atoms with Crippen LogP contribution in [-0.2, 0) is 6.54 Å². The maximum Gasteiger partial charge on any atom is 0.185 e. The molecule has 0 spiro atoms. The molecule has 0 aliphatic rings. The molecule has 4 heteroatoms. The van der Waals surface area contributed by atoms with E-state index in [0.717, 1.165) is 41.1 Å². The molecule has 0 heterocycles. The Kier molecular flexibility index (Phi) is 8.37. The first-order valence-electron chi connectivity index (χ1n) is 10.9. The maximum absolute atomic E-state index is 12.9. The van der Waals surface area contributed by atoms with Gasteiger partial charge in [-0.25, -0.2) is 0 Å². The Morgan fingerprint density at radius 1 is 0.844 bits per heavy atom. The number of hydrogen-bond acceptors (Lipinski definition) is 4. The summed E-state index contributed by atoms with van der Waals surface area (Å²) >= 11 is 0. The third-order valence-corrected chi connectivity index (χ3v) is 5.04. The molecular weight excluding hydrogens is 396 g/mol. The molecule has 0 amide bonds. The highest BCUT2D eigenvalue weighted by atomic mass is 16.5. The van der Waals surface area contributed by atoms with E-state index in [-0.39, 0.29) is 5.78 Å². The van der Waals surface area contributed by atoms with E-state index in [1.165, 1.54) is 0 Å². The number of allylic oxidation sites excluding steroid dienone is 1. The van der Waals surface area contributed by atoms with Gasteiger partial charge in [0.25, 0.3) is 0 Å². The fraction of sp³-hybridized carbons (Fsp3) is 0.250. The highest BCUT2D eigenvalue weighted by Crippen LogP contribution is 2.28. The molecule has 166 valence electrons. The van der Waals surface area contributed by atoms with Crippen LogP contribution < -0.4 is 4.74 Å². The number of ketones is 1. The second-order valence-corrected chi connectivity index (χ2v) is 8.41. The van der Waals surface area contributed by atoms with Gasteiger partial charge in [-0.2, -0.15) is 0 Å². The van der Waals surface area contributed by atoms with Crippen molar-refractivity contribution in [2.45, 2.75) is 6.54 Å². The molecule has 0 aliphatic carbocycles. The van der Waals surface area contributed by atoms with Crippen molar-refractivity contribution in [2.75, 3.05) is 41.3 Å². The molecule has 0 saturated carbocycles. The van der Waals surface area contributed by atoms with Gasteiger partial charge in [-0.3, -0.25) is 4.79 Å². The Labute approximate surface area is 191 Å². The van der Waals surface area contributed by atoms with Crippen molar-refractivity contribution in [1.29, 1.82) is 0 Å². The zero-order valence-electron chi connectivity index (χ0n) is 19.4. The van der Waals surface area contributed by atoms with Crippen LogP contribution in [0.15, 0.2) is 78.9 Å². The monoisotopic (exact) mass is 428 g/mol. The average molecular weight is 429 g/mol. The number of benzene rings is 3. The van der Waals surface area contributed by atoms with Crippen LogP contribution in [0.1, 0.15) is 21.5 Å². The average Bonchev–Trinajstić information content (AvgIpc) is 2.78. The van der Waals surface area contributed by atoms with Gasteiger partial charge in [0.2, 0.25) is 0 Å². The first kappa shape index (κ1) is 23.5. The number of ether oxygens (including phenoxy) is 1. The summed E-state index contributed by atoms with van der Waals surface area (Å²) in [5.41, 5.74) is 4.92. The van der Waals surface area contributed by atoms with Gasteiger partial charge in [0.15, 0.2) is 5.78 Å². The molecular formula is C28H32N2O2. The van der Waals surface area contributed by atoms with Gasteiger partial charge in [-0.1, -0.05) is 54.6 Å². The molecule has 3 rings (SSSR count). The first-order chi connectivity index (χ1) is 15.4. The lowest BCUT2D eigenvalue weighted by atomic mass is 10.0. The largest absolute Gasteiger partial charge is 0.492 e. The van der Waals surface area contributed by atoms with Gasteiger partial charge in [0.1, 0.15) is 12.4 Å². The minimum atomic E-state index is -0.0186. The van der Waals surface area contributed by atoms with Crippen LogP contribution in [0.4, 0.5) is 0 Å². The molecule has 0 aromatic heterocycles. The molecule has 0 aliphatic heterocycles. The van der Waals surface area contributed by atoms with E-state index in [2.05, 4.69) is 34.1 Å². The van der Waals surface area contributed by atoms with E-state index in [4.69, 9.17) is 4.74 Å². The number of rotatable bonds is 10. The summed E-state index contributed by atoms with van der Waals surface area (Å²) in [6, 6.07) is 24.1. The predicted octanol–water partition coefficient (Wildman–Crippen LogP) is 5.25. The Morgan fingerprint density at radius 3 is 2.34 bits per heavy atom. The zero-order chi connectivity index (χ0) is 22.9. The highest BCUT2D eigenvalue weighted by molar-refractivity contribution is 6.07. The predicted molar refractivity (Wildman–Crippen MR) is 133 cm³/mol. The molecule has 32 heavy (non-hydrogen) atoms. The van der Waals surface area contributed by atoms with E-state index >= 15 is 0 Å². The van der Waals surface area contributed by atoms with Crippen molar-refractivity contribution < 1.29 is 9.53 Å². The zero-order valence-corrected chi connectivity index (χ0v) is 19.4. The first-order valence-corrected chi connectivity index (χ1v) is 10.9. The van der Waals surface area contributed by atoms with Gasteiger partial charge in [-0.15, -0.1) is 0 Å². The topological polar surface area (TPSA) is 32.8 Å². The third kappa shape index (κ3) is 6.91.